The Labute approximate surface area is 126 Å². The van der Waals surface area contributed by atoms with Gasteiger partial charge in [-0.15, -0.1) is 0 Å². The van der Waals surface area contributed by atoms with Crippen LogP contribution in [0.2, 0.25) is 0 Å². The van der Waals surface area contributed by atoms with Crippen molar-refractivity contribution in [1.29, 1.82) is 0 Å². The van der Waals surface area contributed by atoms with Crippen LogP contribution in [0.25, 0.3) is 0 Å². The molecule has 0 saturated heterocycles. The Bertz CT molecular complexity index is 226. The molecule has 0 saturated carbocycles. The van der Waals surface area contributed by atoms with E-state index in [0.717, 1.165) is 45.3 Å². The van der Waals surface area contributed by atoms with E-state index < -0.39 is 0 Å². The molecule has 0 unspecified atom stereocenters. The van der Waals surface area contributed by atoms with Gasteiger partial charge in [-0.25, -0.2) is 0 Å². The van der Waals surface area contributed by atoms with Gasteiger partial charge in [0.15, 0.2) is 6.29 Å². The second-order valence-corrected chi connectivity index (χ2v) is 5.10. The van der Waals surface area contributed by atoms with Crippen LogP contribution in [-0.4, -0.2) is 19.5 Å². The molecule has 118 valence electrons. The monoisotopic (exact) mass is 282 g/mol. The fraction of sp³-hybridized carbons (Fsp3) is 0.778. The zero-order valence-corrected chi connectivity index (χ0v) is 13.8. The third-order valence-corrected chi connectivity index (χ3v) is 2.93. The lowest BCUT2D eigenvalue weighted by molar-refractivity contribution is -0.146. The maximum Gasteiger partial charge on any atom is 0.157 e. The van der Waals surface area contributed by atoms with E-state index in [0.29, 0.717) is 0 Å². The number of unbranched alkanes of at least 4 members (excludes halogenated alkanes) is 3. The Morgan fingerprint density at radius 3 is 1.80 bits per heavy atom. The van der Waals surface area contributed by atoms with E-state index in [4.69, 9.17) is 9.47 Å². The van der Waals surface area contributed by atoms with Gasteiger partial charge in [0.1, 0.15) is 0 Å². The van der Waals surface area contributed by atoms with Gasteiger partial charge in [-0.05, 0) is 38.5 Å². The first kappa shape index (κ1) is 19.4. The standard InChI is InChI=1S/C18H34O2/c1-4-7-8-9-10-11-12-13-14-15-18(19-16-5-2)20-17-6-3/h9-12,18H,4-8,13-17H2,1-3H3/b10-9+,12-11-. The Balaban J connectivity index is 3.64. The normalized spacial score (nSPS) is 12.2. The van der Waals surface area contributed by atoms with Crippen LogP contribution in [0.15, 0.2) is 24.3 Å². The molecule has 0 aromatic rings. The van der Waals surface area contributed by atoms with Gasteiger partial charge in [0, 0.05) is 13.2 Å². The van der Waals surface area contributed by atoms with Crippen LogP contribution in [0.3, 0.4) is 0 Å². The summed E-state index contributed by atoms with van der Waals surface area (Å²) in [4.78, 5) is 0. The summed E-state index contributed by atoms with van der Waals surface area (Å²) in [7, 11) is 0. The highest BCUT2D eigenvalue weighted by Gasteiger charge is 2.07. The average Bonchev–Trinajstić information content (AvgIpc) is 2.47. The summed E-state index contributed by atoms with van der Waals surface area (Å²) < 4.78 is 11.4. The number of rotatable bonds is 14. The Kier molecular flexibility index (Phi) is 16.0. The zero-order valence-electron chi connectivity index (χ0n) is 13.8. The second kappa shape index (κ2) is 16.5. The van der Waals surface area contributed by atoms with Crippen LogP contribution in [0.1, 0.15) is 72.1 Å². The first-order chi connectivity index (χ1) is 9.85. The van der Waals surface area contributed by atoms with Crippen molar-refractivity contribution < 1.29 is 9.47 Å². The maximum absolute atomic E-state index is 5.71. The summed E-state index contributed by atoms with van der Waals surface area (Å²) in [5.74, 6) is 0. The van der Waals surface area contributed by atoms with Crippen molar-refractivity contribution in [2.24, 2.45) is 0 Å². The van der Waals surface area contributed by atoms with E-state index in [1.54, 1.807) is 0 Å². The lowest BCUT2D eigenvalue weighted by atomic mass is 10.2. The second-order valence-electron chi connectivity index (χ2n) is 5.10. The van der Waals surface area contributed by atoms with E-state index in [-0.39, 0.29) is 6.29 Å². The highest BCUT2D eigenvalue weighted by atomic mass is 16.7. The van der Waals surface area contributed by atoms with Crippen molar-refractivity contribution >= 4 is 0 Å². The molecule has 20 heavy (non-hydrogen) atoms. The van der Waals surface area contributed by atoms with Crippen LogP contribution >= 0.6 is 0 Å². The number of hydrogen-bond acceptors (Lipinski definition) is 2. The molecular weight excluding hydrogens is 248 g/mol. The molecule has 0 radical (unpaired) electrons. The van der Waals surface area contributed by atoms with Gasteiger partial charge in [-0.3, -0.25) is 0 Å². The van der Waals surface area contributed by atoms with Gasteiger partial charge in [0.2, 0.25) is 0 Å². The van der Waals surface area contributed by atoms with Crippen molar-refractivity contribution in [2.75, 3.05) is 13.2 Å². The minimum Gasteiger partial charge on any atom is -0.353 e. The SMILES string of the molecule is CCCC/C=C/C=C\CCCC(OCCC)OCCC. The molecule has 0 N–H and O–H groups in total. The topological polar surface area (TPSA) is 18.5 Å². The summed E-state index contributed by atoms with van der Waals surface area (Å²) >= 11 is 0. The Hall–Kier alpha value is -0.600. The molecule has 0 spiro atoms. The maximum atomic E-state index is 5.71. The molecule has 0 amide bonds. The highest BCUT2D eigenvalue weighted by molar-refractivity contribution is 5.02. The van der Waals surface area contributed by atoms with Crippen molar-refractivity contribution in [3.05, 3.63) is 24.3 Å². The van der Waals surface area contributed by atoms with Gasteiger partial charge >= 0.3 is 0 Å². The van der Waals surface area contributed by atoms with Gasteiger partial charge in [0.25, 0.3) is 0 Å². The molecule has 2 heteroatoms. The summed E-state index contributed by atoms with van der Waals surface area (Å²) in [5, 5.41) is 0. The molecule has 0 aliphatic rings. The van der Waals surface area contributed by atoms with Gasteiger partial charge < -0.3 is 9.47 Å². The van der Waals surface area contributed by atoms with Gasteiger partial charge in [0.05, 0.1) is 0 Å². The van der Waals surface area contributed by atoms with Crippen molar-refractivity contribution in [1.82, 2.24) is 0 Å². The van der Waals surface area contributed by atoms with Crippen molar-refractivity contribution in [3.8, 4) is 0 Å². The average molecular weight is 282 g/mol. The predicted octanol–water partition coefficient (Wildman–Crippen LogP) is 5.64. The molecule has 2 nitrogen and oxygen atoms in total. The van der Waals surface area contributed by atoms with Crippen LogP contribution in [0, 0.1) is 0 Å². The largest absolute Gasteiger partial charge is 0.353 e. The summed E-state index contributed by atoms with van der Waals surface area (Å²) in [6, 6.07) is 0. The first-order valence-corrected chi connectivity index (χ1v) is 8.39. The lowest BCUT2D eigenvalue weighted by Gasteiger charge is -2.17. The quantitative estimate of drug-likeness (QED) is 0.233. The van der Waals surface area contributed by atoms with Crippen LogP contribution in [0.5, 0.6) is 0 Å². The third kappa shape index (κ3) is 13.8. The van der Waals surface area contributed by atoms with E-state index >= 15 is 0 Å². The summed E-state index contributed by atoms with van der Waals surface area (Å²) in [6.07, 6.45) is 17.8. The van der Waals surface area contributed by atoms with E-state index in [2.05, 4.69) is 45.1 Å². The minimum atomic E-state index is -0.0107. The fourth-order valence-corrected chi connectivity index (χ4v) is 1.79. The number of hydrogen-bond donors (Lipinski definition) is 0. The van der Waals surface area contributed by atoms with E-state index in [1.165, 1.54) is 19.3 Å². The van der Waals surface area contributed by atoms with E-state index in [9.17, 15) is 0 Å². The Morgan fingerprint density at radius 1 is 0.750 bits per heavy atom. The highest BCUT2D eigenvalue weighted by Crippen LogP contribution is 2.08. The van der Waals surface area contributed by atoms with Gasteiger partial charge in [-0.1, -0.05) is 57.9 Å². The van der Waals surface area contributed by atoms with Crippen molar-refractivity contribution in [3.63, 3.8) is 0 Å². The first-order valence-electron chi connectivity index (χ1n) is 8.39. The Morgan fingerprint density at radius 2 is 1.30 bits per heavy atom. The van der Waals surface area contributed by atoms with Crippen LogP contribution < -0.4 is 0 Å². The fourth-order valence-electron chi connectivity index (χ4n) is 1.79. The molecule has 0 aromatic carbocycles. The predicted molar refractivity (Wildman–Crippen MR) is 87.9 cm³/mol. The zero-order chi connectivity index (χ0) is 14.9. The molecule has 0 aliphatic carbocycles. The van der Waals surface area contributed by atoms with Crippen LogP contribution in [0.4, 0.5) is 0 Å². The van der Waals surface area contributed by atoms with Gasteiger partial charge in [-0.2, -0.15) is 0 Å². The van der Waals surface area contributed by atoms with Crippen molar-refractivity contribution in [2.45, 2.75) is 78.4 Å². The summed E-state index contributed by atoms with van der Waals surface area (Å²) in [6.45, 7) is 8.07. The third-order valence-electron chi connectivity index (χ3n) is 2.93. The number of ether oxygens (including phenoxy) is 2. The number of allylic oxidation sites excluding steroid dienone is 4. The van der Waals surface area contributed by atoms with Crippen LogP contribution in [-0.2, 0) is 9.47 Å². The molecule has 0 aliphatic heterocycles. The molecule has 0 aromatic heterocycles. The molecule has 0 atom stereocenters. The summed E-state index contributed by atoms with van der Waals surface area (Å²) in [5.41, 5.74) is 0. The molecule has 0 rings (SSSR count). The molecule has 0 heterocycles. The van der Waals surface area contributed by atoms with E-state index in [1.807, 2.05) is 0 Å². The lowest BCUT2D eigenvalue weighted by Crippen LogP contribution is -2.18. The smallest absolute Gasteiger partial charge is 0.157 e. The molecule has 0 bridgehead atoms. The minimum absolute atomic E-state index is 0.0107. The molecule has 0 fully saturated rings. The molecular formula is C18H34O2.